The molecule has 6 nitrogen and oxygen atoms in total. The van der Waals surface area contributed by atoms with Crippen molar-refractivity contribution in [2.24, 2.45) is 11.8 Å². The van der Waals surface area contributed by atoms with E-state index in [1.807, 2.05) is 6.92 Å². The van der Waals surface area contributed by atoms with Gasteiger partial charge in [0.15, 0.2) is 0 Å². The maximum absolute atomic E-state index is 12.0. The molecule has 1 aliphatic heterocycles. The second-order valence-corrected chi connectivity index (χ2v) is 10.4. The third kappa shape index (κ3) is 8.55. The molecule has 4 atom stereocenters. The zero-order valence-corrected chi connectivity index (χ0v) is 19.0. The molecule has 0 aromatic carbocycles. The van der Waals surface area contributed by atoms with Gasteiger partial charge in [0, 0.05) is 39.2 Å². The molecule has 7 heteroatoms. The highest BCUT2D eigenvalue weighted by Gasteiger charge is 2.37. The highest BCUT2D eigenvalue weighted by atomic mass is 31.1. The molecule has 0 N–H and O–H groups in total. The topological polar surface area (TPSA) is 85.6 Å². The van der Waals surface area contributed by atoms with Crippen molar-refractivity contribution >= 4 is 19.9 Å². The second kappa shape index (κ2) is 12.5. The number of ether oxygens (including phenoxy) is 2. The molecule has 0 amide bonds. The van der Waals surface area contributed by atoms with Crippen LogP contribution in [0.1, 0.15) is 67.2 Å². The Morgan fingerprint density at radius 3 is 2.39 bits per heavy atom. The molecule has 0 aromatic rings. The van der Waals surface area contributed by atoms with Gasteiger partial charge in [0.2, 0.25) is 0 Å². The number of Topliss-reactive ketones (excluding diaryl/α,β-unsaturated/α-hetero) is 1. The molecule has 0 aliphatic carbocycles. The maximum Gasteiger partial charge on any atom is 0.306 e. The van der Waals surface area contributed by atoms with Gasteiger partial charge in [0.05, 0.1) is 25.2 Å². The third-order valence-electron chi connectivity index (χ3n) is 4.90. The third-order valence-corrected chi connectivity index (χ3v) is 7.90. The van der Waals surface area contributed by atoms with E-state index in [0.29, 0.717) is 36.9 Å². The van der Waals surface area contributed by atoms with Crippen molar-refractivity contribution in [3.8, 4) is 6.07 Å². The quantitative estimate of drug-likeness (QED) is 0.347. The molecule has 0 aromatic heterocycles. The molecule has 1 saturated heterocycles. The van der Waals surface area contributed by atoms with Gasteiger partial charge < -0.3 is 18.8 Å². The number of carbonyl (C=O) groups is 2. The summed E-state index contributed by atoms with van der Waals surface area (Å²) in [6, 6.07) is 2.23. The standard InChI is InChI=1S/C21H36NO5P/c1-14(2)21(15(3)4)28(11-7-10-22)25-13-19-18(12-17(6)26-19)27-20(24)9-8-16(5)23/h14-15,17-19,21H,7-9,11-13H2,1-6H3. The monoisotopic (exact) mass is 413 g/mol. The lowest BCUT2D eigenvalue weighted by Crippen LogP contribution is -2.32. The minimum Gasteiger partial charge on any atom is -0.459 e. The van der Waals surface area contributed by atoms with Gasteiger partial charge in [-0.3, -0.25) is 4.79 Å². The molecular formula is C21H36NO5P. The first-order valence-corrected chi connectivity index (χ1v) is 11.8. The van der Waals surface area contributed by atoms with Crippen LogP contribution in [0.2, 0.25) is 0 Å². The molecule has 0 saturated carbocycles. The number of ketones is 1. The number of hydrogen-bond acceptors (Lipinski definition) is 6. The molecule has 1 aliphatic rings. The molecule has 0 radical (unpaired) electrons. The highest BCUT2D eigenvalue weighted by Crippen LogP contribution is 2.50. The van der Waals surface area contributed by atoms with E-state index < -0.39 is 8.15 Å². The SMILES string of the molecule is CC(=O)CCC(=O)OC1CC(C)OC1COP(CCC#N)C(C(C)C)C(C)C. The first-order chi connectivity index (χ1) is 13.1. The summed E-state index contributed by atoms with van der Waals surface area (Å²) in [4.78, 5) is 23.1. The number of hydrogen-bond donors (Lipinski definition) is 0. The predicted octanol–water partition coefficient (Wildman–Crippen LogP) is 4.45. The van der Waals surface area contributed by atoms with E-state index >= 15 is 0 Å². The lowest BCUT2D eigenvalue weighted by Gasteiger charge is -2.33. The van der Waals surface area contributed by atoms with E-state index in [-0.39, 0.29) is 42.9 Å². The van der Waals surface area contributed by atoms with Crippen LogP contribution in [0.15, 0.2) is 0 Å². The summed E-state index contributed by atoms with van der Waals surface area (Å²) in [5.74, 6) is 0.545. The van der Waals surface area contributed by atoms with Crippen LogP contribution in [-0.2, 0) is 23.6 Å². The van der Waals surface area contributed by atoms with Crippen LogP contribution in [0.3, 0.4) is 0 Å². The van der Waals surface area contributed by atoms with Gasteiger partial charge in [-0.05, 0) is 25.7 Å². The van der Waals surface area contributed by atoms with E-state index in [4.69, 9.17) is 19.3 Å². The van der Waals surface area contributed by atoms with Crippen molar-refractivity contribution in [1.29, 1.82) is 5.26 Å². The second-order valence-electron chi connectivity index (χ2n) is 8.27. The van der Waals surface area contributed by atoms with Crippen molar-refractivity contribution in [3.63, 3.8) is 0 Å². The largest absolute Gasteiger partial charge is 0.459 e. The number of nitrogens with zero attached hydrogens (tertiary/aromatic N) is 1. The van der Waals surface area contributed by atoms with Crippen LogP contribution in [-0.4, -0.2) is 48.5 Å². The normalized spacial score (nSPS) is 23.2. The van der Waals surface area contributed by atoms with Crippen LogP contribution < -0.4 is 0 Å². The van der Waals surface area contributed by atoms with Crippen molar-refractivity contribution in [1.82, 2.24) is 0 Å². The summed E-state index contributed by atoms with van der Waals surface area (Å²) >= 11 is 0. The van der Waals surface area contributed by atoms with Crippen LogP contribution >= 0.6 is 8.15 Å². The minimum atomic E-state index is -0.782. The number of nitriles is 1. The summed E-state index contributed by atoms with van der Waals surface area (Å²) in [6.45, 7) is 12.6. The fourth-order valence-electron chi connectivity index (χ4n) is 3.76. The van der Waals surface area contributed by atoms with Crippen molar-refractivity contribution in [2.45, 2.75) is 91.2 Å². The Kier molecular flexibility index (Phi) is 11.2. The molecule has 0 bridgehead atoms. The van der Waals surface area contributed by atoms with Crippen molar-refractivity contribution in [2.75, 3.05) is 12.8 Å². The maximum atomic E-state index is 12.0. The van der Waals surface area contributed by atoms with Crippen LogP contribution in [0.4, 0.5) is 0 Å². The van der Waals surface area contributed by atoms with Gasteiger partial charge in [-0.2, -0.15) is 5.26 Å². The Hall–Kier alpha value is -1.02. The van der Waals surface area contributed by atoms with Gasteiger partial charge >= 0.3 is 5.97 Å². The minimum absolute atomic E-state index is 0.00413. The van der Waals surface area contributed by atoms with Gasteiger partial charge in [0.25, 0.3) is 0 Å². The Morgan fingerprint density at radius 1 is 1.21 bits per heavy atom. The number of rotatable bonds is 12. The Labute approximate surface area is 171 Å². The summed E-state index contributed by atoms with van der Waals surface area (Å²) in [7, 11) is -0.782. The summed E-state index contributed by atoms with van der Waals surface area (Å²) in [5.41, 5.74) is 0.402. The van der Waals surface area contributed by atoms with Crippen molar-refractivity contribution in [3.05, 3.63) is 0 Å². The average molecular weight is 413 g/mol. The molecular weight excluding hydrogens is 377 g/mol. The molecule has 4 unspecified atom stereocenters. The van der Waals surface area contributed by atoms with Crippen LogP contribution in [0, 0.1) is 23.2 Å². The first-order valence-electron chi connectivity index (χ1n) is 10.3. The number of esters is 1. The van der Waals surface area contributed by atoms with E-state index in [1.54, 1.807) is 0 Å². The van der Waals surface area contributed by atoms with Gasteiger partial charge in [-0.15, -0.1) is 0 Å². The lowest BCUT2D eigenvalue weighted by molar-refractivity contribution is -0.153. The summed E-state index contributed by atoms with van der Waals surface area (Å²) in [6.07, 6.45) is 1.51. The molecule has 160 valence electrons. The zero-order valence-electron chi connectivity index (χ0n) is 18.1. The zero-order chi connectivity index (χ0) is 21.3. The van der Waals surface area contributed by atoms with Gasteiger partial charge in [-0.25, -0.2) is 0 Å². The Balaban J connectivity index is 2.71. The van der Waals surface area contributed by atoms with Gasteiger partial charge in [-0.1, -0.05) is 27.7 Å². The first kappa shape index (κ1) is 25.0. The fraction of sp³-hybridized carbons (Fsp3) is 0.857. The summed E-state index contributed by atoms with van der Waals surface area (Å²) < 4.78 is 17.8. The molecule has 0 spiro atoms. The average Bonchev–Trinajstić information content (AvgIpc) is 2.93. The van der Waals surface area contributed by atoms with Crippen molar-refractivity contribution < 1.29 is 23.6 Å². The van der Waals surface area contributed by atoms with Crippen LogP contribution in [0.25, 0.3) is 0 Å². The van der Waals surface area contributed by atoms with Crippen LogP contribution in [0.5, 0.6) is 0 Å². The molecule has 1 fully saturated rings. The van der Waals surface area contributed by atoms with E-state index in [2.05, 4.69) is 33.8 Å². The molecule has 28 heavy (non-hydrogen) atoms. The lowest BCUT2D eigenvalue weighted by atomic mass is 10.00. The molecule has 1 rings (SSSR count). The smallest absolute Gasteiger partial charge is 0.306 e. The highest BCUT2D eigenvalue weighted by molar-refractivity contribution is 7.53. The number of carbonyl (C=O) groups excluding carboxylic acids is 2. The molecule has 1 heterocycles. The van der Waals surface area contributed by atoms with E-state index in [0.717, 1.165) is 6.16 Å². The summed E-state index contributed by atoms with van der Waals surface area (Å²) in [5, 5.41) is 9.02. The van der Waals surface area contributed by atoms with Gasteiger partial charge in [0.1, 0.15) is 18.0 Å². The Morgan fingerprint density at radius 2 is 1.86 bits per heavy atom. The Bertz CT molecular complexity index is 537. The fourth-order valence-corrected chi connectivity index (χ4v) is 6.35. The predicted molar refractivity (Wildman–Crippen MR) is 110 cm³/mol. The van der Waals surface area contributed by atoms with E-state index in [9.17, 15) is 9.59 Å². The van der Waals surface area contributed by atoms with E-state index in [1.165, 1.54) is 6.92 Å².